The van der Waals surface area contributed by atoms with Crippen LogP contribution in [0.15, 0.2) is 48.0 Å². The first-order valence-corrected chi connectivity index (χ1v) is 9.07. The van der Waals surface area contributed by atoms with E-state index in [4.69, 9.17) is 25.4 Å². The summed E-state index contributed by atoms with van der Waals surface area (Å²) in [6.07, 6.45) is 6.07. The standard InChI is InChI=1S/C23H26N2O4/c1-15(2)10-13-18-19(27-3)14-17(12-11-16-8-6-5-7-9-16)20(22(26)28-4)21(18)29-23(24)25/h5-12,14H,13H2,1-4H3,(H3,24,25)/b12-11+. The van der Waals surface area contributed by atoms with Crippen LogP contribution < -0.4 is 15.2 Å². The van der Waals surface area contributed by atoms with Gasteiger partial charge in [0, 0.05) is 5.56 Å². The van der Waals surface area contributed by atoms with E-state index in [-0.39, 0.29) is 11.3 Å². The predicted molar refractivity (Wildman–Crippen MR) is 115 cm³/mol. The Morgan fingerprint density at radius 2 is 1.83 bits per heavy atom. The summed E-state index contributed by atoms with van der Waals surface area (Å²) in [5.74, 6) is 0.100. The molecule has 0 spiro atoms. The van der Waals surface area contributed by atoms with Gasteiger partial charge in [0.1, 0.15) is 11.3 Å². The van der Waals surface area contributed by atoms with Crippen molar-refractivity contribution in [3.63, 3.8) is 0 Å². The molecule has 2 rings (SSSR count). The van der Waals surface area contributed by atoms with Crippen molar-refractivity contribution in [2.45, 2.75) is 20.3 Å². The van der Waals surface area contributed by atoms with E-state index in [1.54, 1.807) is 19.3 Å². The first kappa shape index (κ1) is 21.8. The molecule has 0 radical (unpaired) electrons. The van der Waals surface area contributed by atoms with Crippen LogP contribution in [-0.2, 0) is 11.2 Å². The van der Waals surface area contributed by atoms with Gasteiger partial charge in [-0.05, 0) is 37.5 Å². The largest absolute Gasteiger partial charge is 0.496 e. The highest BCUT2D eigenvalue weighted by molar-refractivity contribution is 5.99. The fourth-order valence-electron chi connectivity index (χ4n) is 2.79. The van der Waals surface area contributed by atoms with Gasteiger partial charge in [-0.15, -0.1) is 0 Å². The van der Waals surface area contributed by atoms with E-state index in [2.05, 4.69) is 0 Å². The average Bonchev–Trinajstić information content (AvgIpc) is 2.70. The van der Waals surface area contributed by atoms with Gasteiger partial charge < -0.3 is 19.9 Å². The van der Waals surface area contributed by atoms with Gasteiger partial charge >= 0.3 is 5.97 Å². The number of allylic oxidation sites excluding steroid dienone is 2. The van der Waals surface area contributed by atoms with E-state index in [1.165, 1.54) is 7.11 Å². The zero-order valence-electron chi connectivity index (χ0n) is 17.1. The Bertz CT molecular complexity index is 943. The van der Waals surface area contributed by atoms with E-state index in [9.17, 15) is 4.79 Å². The summed E-state index contributed by atoms with van der Waals surface area (Å²) in [4.78, 5) is 12.6. The molecule has 0 aliphatic heterocycles. The summed E-state index contributed by atoms with van der Waals surface area (Å²) in [7, 11) is 2.84. The van der Waals surface area contributed by atoms with Crippen LogP contribution in [0, 0.1) is 5.41 Å². The molecule has 0 amide bonds. The van der Waals surface area contributed by atoms with Gasteiger partial charge in [-0.25, -0.2) is 4.79 Å². The molecule has 152 valence electrons. The lowest BCUT2D eigenvalue weighted by Gasteiger charge is -2.18. The zero-order chi connectivity index (χ0) is 21.4. The topological polar surface area (TPSA) is 94.6 Å². The molecule has 0 saturated carbocycles. The van der Waals surface area contributed by atoms with Gasteiger partial charge in [-0.1, -0.05) is 54.1 Å². The Morgan fingerprint density at radius 3 is 2.38 bits per heavy atom. The predicted octanol–water partition coefficient (Wildman–Crippen LogP) is 4.43. The van der Waals surface area contributed by atoms with Crippen LogP contribution in [-0.4, -0.2) is 26.2 Å². The highest BCUT2D eigenvalue weighted by Gasteiger charge is 2.25. The summed E-state index contributed by atoms with van der Waals surface area (Å²) in [6.45, 7) is 3.94. The van der Waals surface area contributed by atoms with Crippen LogP contribution >= 0.6 is 0 Å². The Balaban J connectivity index is 2.74. The monoisotopic (exact) mass is 394 g/mol. The van der Waals surface area contributed by atoms with Crippen molar-refractivity contribution >= 4 is 24.1 Å². The molecule has 0 unspecified atom stereocenters. The maximum absolute atomic E-state index is 12.6. The van der Waals surface area contributed by atoms with Crippen LogP contribution in [0.1, 0.15) is 40.9 Å². The van der Waals surface area contributed by atoms with E-state index in [0.29, 0.717) is 23.3 Å². The minimum absolute atomic E-state index is 0.161. The maximum atomic E-state index is 12.6. The lowest BCUT2D eigenvalue weighted by molar-refractivity contribution is 0.0598. The zero-order valence-corrected chi connectivity index (χ0v) is 17.1. The number of benzene rings is 2. The van der Waals surface area contributed by atoms with Gasteiger partial charge in [0.05, 0.1) is 14.2 Å². The second kappa shape index (κ2) is 10.1. The molecular weight excluding hydrogens is 368 g/mol. The third-order valence-corrected chi connectivity index (χ3v) is 4.16. The molecule has 0 aliphatic rings. The first-order chi connectivity index (χ1) is 13.9. The highest BCUT2D eigenvalue weighted by Crippen LogP contribution is 2.37. The number of hydrogen-bond donors (Lipinski definition) is 2. The van der Waals surface area contributed by atoms with Crippen molar-refractivity contribution in [1.82, 2.24) is 0 Å². The Kier molecular flexibility index (Phi) is 7.60. The van der Waals surface area contributed by atoms with Crippen LogP contribution in [0.2, 0.25) is 0 Å². The summed E-state index contributed by atoms with van der Waals surface area (Å²) >= 11 is 0. The number of nitrogens with one attached hydrogen (secondary N) is 1. The van der Waals surface area contributed by atoms with E-state index in [0.717, 1.165) is 11.1 Å². The van der Waals surface area contributed by atoms with Crippen molar-refractivity contribution in [2.75, 3.05) is 14.2 Å². The first-order valence-electron chi connectivity index (χ1n) is 9.07. The lowest BCUT2D eigenvalue weighted by Crippen LogP contribution is -2.21. The number of carbonyl (C=O) groups is 1. The van der Waals surface area contributed by atoms with Crippen LogP contribution in [0.3, 0.4) is 0 Å². The van der Waals surface area contributed by atoms with E-state index < -0.39 is 12.0 Å². The Labute approximate surface area is 171 Å². The molecule has 0 saturated heterocycles. The number of ether oxygens (including phenoxy) is 3. The van der Waals surface area contributed by atoms with Crippen molar-refractivity contribution in [2.24, 2.45) is 5.73 Å². The average molecular weight is 394 g/mol. The lowest BCUT2D eigenvalue weighted by atomic mass is 9.97. The molecule has 3 N–H and O–H groups in total. The van der Waals surface area contributed by atoms with Crippen molar-refractivity contribution in [3.05, 3.63) is 70.3 Å². The van der Waals surface area contributed by atoms with Crippen LogP contribution in [0.25, 0.3) is 12.2 Å². The smallest absolute Gasteiger partial charge is 0.342 e. The fourth-order valence-corrected chi connectivity index (χ4v) is 2.79. The summed E-state index contributed by atoms with van der Waals surface area (Å²) in [6, 6.07) is 10.9. The number of methoxy groups -OCH3 is 2. The normalized spacial score (nSPS) is 10.5. The summed E-state index contributed by atoms with van der Waals surface area (Å²) in [5, 5.41) is 7.60. The molecule has 6 heteroatoms. The van der Waals surface area contributed by atoms with Crippen LogP contribution in [0.5, 0.6) is 11.5 Å². The van der Waals surface area contributed by atoms with Gasteiger partial charge in [-0.2, -0.15) is 0 Å². The highest BCUT2D eigenvalue weighted by atomic mass is 16.5. The molecule has 0 fully saturated rings. The van der Waals surface area contributed by atoms with Gasteiger partial charge in [0.15, 0.2) is 5.75 Å². The fraction of sp³-hybridized carbons (Fsp3) is 0.217. The minimum atomic E-state index is -0.588. The number of nitrogens with two attached hydrogens (primary N) is 1. The Morgan fingerprint density at radius 1 is 1.14 bits per heavy atom. The maximum Gasteiger partial charge on any atom is 0.342 e. The number of hydrogen-bond acceptors (Lipinski definition) is 5. The van der Waals surface area contributed by atoms with Gasteiger partial charge in [0.25, 0.3) is 6.02 Å². The molecule has 2 aromatic rings. The number of amidine groups is 1. The molecule has 0 aliphatic carbocycles. The molecule has 29 heavy (non-hydrogen) atoms. The molecule has 0 aromatic heterocycles. The minimum Gasteiger partial charge on any atom is -0.496 e. The number of carbonyl (C=O) groups excluding carboxylic acids is 1. The molecular formula is C23H26N2O4. The second-order valence-corrected chi connectivity index (χ2v) is 6.54. The van der Waals surface area contributed by atoms with Crippen molar-refractivity contribution < 1.29 is 19.0 Å². The molecule has 0 heterocycles. The summed E-state index contributed by atoms with van der Waals surface area (Å²) in [5.41, 5.74) is 8.89. The van der Waals surface area contributed by atoms with Crippen LogP contribution in [0.4, 0.5) is 0 Å². The third kappa shape index (κ3) is 5.72. The molecule has 0 atom stereocenters. The second-order valence-electron chi connectivity index (χ2n) is 6.54. The van der Waals surface area contributed by atoms with E-state index in [1.807, 2.05) is 56.3 Å². The molecule has 2 aromatic carbocycles. The van der Waals surface area contributed by atoms with Gasteiger partial charge in [-0.3, -0.25) is 5.41 Å². The quantitative estimate of drug-likeness (QED) is 0.238. The summed E-state index contributed by atoms with van der Waals surface area (Å²) < 4.78 is 16.0. The molecule has 0 bridgehead atoms. The Hall–Kier alpha value is -3.54. The molecule has 6 nitrogen and oxygen atoms in total. The third-order valence-electron chi connectivity index (χ3n) is 4.16. The number of rotatable bonds is 7. The van der Waals surface area contributed by atoms with Gasteiger partial charge in [0.2, 0.25) is 0 Å². The van der Waals surface area contributed by atoms with Crippen molar-refractivity contribution in [1.29, 1.82) is 5.41 Å². The SMILES string of the molecule is COC(=O)c1c(/C=C/c2ccccc2)cc(OC)c(CC=C(C)C)c1OC(=N)N. The number of esters is 1. The van der Waals surface area contributed by atoms with Crippen molar-refractivity contribution in [3.8, 4) is 11.5 Å². The van der Waals surface area contributed by atoms with E-state index >= 15 is 0 Å².